The Labute approximate surface area is 88.4 Å². The van der Waals surface area contributed by atoms with Gasteiger partial charge in [0.1, 0.15) is 5.15 Å². The average molecular weight is 204 g/mol. The van der Waals surface area contributed by atoms with Crippen molar-refractivity contribution in [2.45, 2.75) is 6.92 Å². The molecule has 0 N–H and O–H groups in total. The molecule has 2 heteroatoms. The molecule has 0 aliphatic rings. The minimum absolute atomic E-state index is 0.566. The van der Waals surface area contributed by atoms with Crippen LogP contribution in [0.4, 0.5) is 0 Å². The molecule has 0 saturated heterocycles. The highest BCUT2D eigenvalue weighted by Gasteiger charge is 2.03. The highest BCUT2D eigenvalue weighted by Crippen LogP contribution is 2.25. The molecule has 0 spiro atoms. The van der Waals surface area contributed by atoms with Crippen LogP contribution >= 0.6 is 11.6 Å². The van der Waals surface area contributed by atoms with Crippen molar-refractivity contribution in [1.82, 2.24) is 4.98 Å². The van der Waals surface area contributed by atoms with E-state index in [2.05, 4.69) is 4.98 Å². The zero-order valence-electron chi connectivity index (χ0n) is 7.87. The summed E-state index contributed by atoms with van der Waals surface area (Å²) < 4.78 is 0. The first-order chi connectivity index (χ1) is 6.77. The van der Waals surface area contributed by atoms with E-state index >= 15 is 0 Å². The Balaban J connectivity index is 2.53. The van der Waals surface area contributed by atoms with Crippen LogP contribution in [0.5, 0.6) is 0 Å². The summed E-state index contributed by atoms with van der Waals surface area (Å²) >= 11 is 6.05. The maximum atomic E-state index is 6.05. The molecule has 2 aromatic rings. The molecule has 2 rings (SSSR count). The average Bonchev–Trinajstić information content (AvgIpc) is 2.19. The molecule has 0 unspecified atom stereocenters. The molecular weight excluding hydrogens is 194 g/mol. The summed E-state index contributed by atoms with van der Waals surface area (Å²) in [5.74, 6) is 0. The number of benzene rings is 1. The van der Waals surface area contributed by atoms with Crippen LogP contribution in [0, 0.1) is 6.92 Å². The van der Waals surface area contributed by atoms with E-state index in [4.69, 9.17) is 11.6 Å². The molecule has 0 aliphatic heterocycles. The first kappa shape index (κ1) is 9.22. The van der Waals surface area contributed by atoms with Crippen LogP contribution in [0.1, 0.15) is 5.69 Å². The molecule has 0 fully saturated rings. The van der Waals surface area contributed by atoms with Gasteiger partial charge in [0.2, 0.25) is 0 Å². The van der Waals surface area contributed by atoms with E-state index in [1.165, 1.54) is 0 Å². The lowest BCUT2D eigenvalue weighted by Crippen LogP contribution is -1.85. The van der Waals surface area contributed by atoms with E-state index in [0.717, 1.165) is 16.8 Å². The van der Waals surface area contributed by atoms with Crippen LogP contribution in [0.15, 0.2) is 42.5 Å². The predicted molar refractivity (Wildman–Crippen MR) is 59.4 cm³/mol. The van der Waals surface area contributed by atoms with Crippen LogP contribution in [0.3, 0.4) is 0 Å². The summed E-state index contributed by atoms with van der Waals surface area (Å²) in [6.45, 7) is 1.93. The van der Waals surface area contributed by atoms with E-state index in [-0.39, 0.29) is 0 Å². The smallest absolute Gasteiger partial charge is 0.137 e. The van der Waals surface area contributed by atoms with Gasteiger partial charge in [-0.15, -0.1) is 0 Å². The summed E-state index contributed by atoms with van der Waals surface area (Å²) in [5.41, 5.74) is 3.03. The Hall–Kier alpha value is -1.34. The molecule has 70 valence electrons. The van der Waals surface area contributed by atoms with E-state index in [1.807, 2.05) is 49.4 Å². The molecule has 0 radical (unpaired) electrons. The van der Waals surface area contributed by atoms with Gasteiger partial charge in [-0.3, -0.25) is 0 Å². The largest absolute Gasteiger partial charge is 0.241 e. The molecule has 0 bridgehead atoms. The van der Waals surface area contributed by atoms with E-state index in [9.17, 15) is 0 Å². The van der Waals surface area contributed by atoms with Crippen LogP contribution < -0.4 is 0 Å². The Morgan fingerprint density at radius 1 is 1.00 bits per heavy atom. The normalized spacial score (nSPS) is 10.1. The third-order valence-corrected chi connectivity index (χ3v) is 2.36. The molecule has 1 aromatic carbocycles. The van der Waals surface area contributed by atoms with Crippen molar-refractivity contribution in [3.63, 3.8) is 0 Å². The monoisotopic (exact) mass is 203 g/mol. The summed E-state index contributed by atoms with van der Waals surface area (Å²) in [6.07, 6.45) is 0. The molecule has 0 saturated carbocycles. The summed E-state index contributed by atoms with van der Waals surface area (Å²) in [6, 6.07) is 14.0. The lowest BCUT2D eigenvalue weighted by Gasteiger charge is -2.03. The van der Waals surface area contributed by atoms with Crippen molar-refractivity contribution in [3.8, 4) is 11.1 Å². The zero-order valence-corrected chi connectivity index (χ0v) is 8.62. The maximum absolute atomic E-state index is 6.05. The molecule has 1 nitrogen and oxygen atoms in total. The number of pyridine rings is 1. The van der Waals surface area contributed by atoms with Gasteiger partial charge in [-0.25, -0.2) is 4.98 Å². The van der Waals surface area contributed by atoms with Gasteiger partial charge in [0.25, 0.3) is 0 Å². The fourth-order valence-corrected chi connectivity index (χ4v) is 1.66. The molecule has 1 heterocycles. The van der Waals surface area contributed by atoms with Crippen molar-refractivity contribution in [1.29, 1.82) is 0 Å². The Kier molecular flexibility index (Phi) is 2.51. The molecule has 0 aliphatic carbocycles. The van der Waals surface area contributed by atoms with Crippen LogP contribution in [-0.2, 0) is 0 Å². The van der Waals surface area contributed by atoms with Crippen molar-refractivity contribution in [3.05, 3.63) is 53.3 Å². The van der Waals surface area contributed by atoms with Gasteiger partial charge in [0.05, 0.1) is 0 Å². The second kappa shape index (κ2) is 3.81. The third-order valence-electron chi connectivity index (χ3n) is 2.07. The number of rotatable bonds is 1. The highest BCUT2D eigenvalue weighted by molar-refractivity contribution is 6.32. The fourth-order valence-electron chi connectivity index (χ4n) is 1.36. The van der Waals surface area contributed by atoms with Gasteiger partial charge in [0, 0.05) is 11.3 Å². The summed E-state index contributed by atoms with van der Waals surface area (Å²) in [5, 5.41) is 0.566. The second-order valence-corrected chi connectivity index (χ2v) is 3.52. The van der Waals surface area contributed by atoms with Gasteiger partial charge < -0.3 is 0 Å². The highest BCUT2D eigenvalue weighted by atomic mass is 35.5. The quantitative estimate of drug-likeness (QED) is 0.644. The first-order valence-corrected chi connectivity index (χ1v) is 4.84. The van der Waals surface area contributed by atoms with Gasteiger partial charge >= 0.3 is 0 Å². The number of halogens is 1. The number of hydrogen-bond donors (Lipinski definition) is 0. The molecule has 14 heavy (non-hydrogen) atoms. The zero-order chi connectivity index (χ0) is 9.97. The standard InChI is InChI=1S/C12H10ClN/c1-9-7-8-11(12(13)14-9)10-5-3-2-4-6-10/h2-8H,1H3. The van der Waals surface area contributed by atoms with Crippen LogP contribution in [0.2, 0.25) is 5.15 Å². The predicted octanol–water partition coefficient (Wildman–Crippen LogP) is 3.71. The van der Waals surface area contributed by atoms with Gasteiger partial charge in [-0.2, -0.15) is 0 Å². The van der Waals surface area contributed by atoms with E-state index in [1.54, 1.807) is 0 Å². The Morgan fingerprint density at radius 3 is 2.36 bits per heavy atom. The third kappa shape index (κ3) is 1.78. The number of aryl methyl sites for hydroxylation is 1. The molecular formula is C12H10ClN. The topological polar surface area (TPSA) is 12.9 Å². The Bertz CT molecular complexity index is 437. The molecule has 1 aromatic heterocycles. The number of aromatic nitrogens is 1. The second-order valence-electron chi connectivity index (χ2n) is 3.16. The minimum atomic E-state index is 0.566. The van der Waals surface area contributed by atoms with Gasteiger partial charge in [-0.05, 0) is 24.6 Å². The molecule has 0 amide bonds. The fraction of sp³-hybridized carbons (Fsp3) is 0.0833. The minimum Gasteiger partial charge on any atom is -0.241 e. The van der Waals surface area contributed by atoms with Crippen molar-refractivity contribution >= 4 is 11.6 Å². The lowest BCUT2D eigenvalue weighted by atomic mass is 10.1. The van der Waals surface area contributed by atoms with Crippen LogP contribution in [0.25, 0.3) is 11.1 Å². The van der Waals surface area contributed by atoms with Gasteiger partial charge in [0.15, 0.2) is 0 Å². The Morgan fingerprint density at radius 2 is 1.71 bits per heavy atom. The lowest BCUT2D eigenvalue weighted by molar-refractivity contribution is 1.20. The van der Waals surface area contributed by atoms with Gasteiger partial charge in [-0.1, -0.05) is 41.9 Å². The summed E-state index contributed by atoms with van der Waals surface area (Å²) in [7, 11) is 0. The van der Waals surface area contributed by atoms with Crippen LogP contribution in [-0.4, -0.2) is 4.98 Å². The summed E-state index contributed by atoms with van der Waals surface area (Å²) in [4.78, 5) is 4.22. The van der Waals surface area contributed by atoms with Crippen molar-refractivity contribution in [2.75, 3.05) is 0 Å². The molecule has 0 atom stereocenters. The number of nitrogens with zero attached hydrogens (tertiary/aromatic N) is 1. The SMILES string of the molecule is Cc1ccc(-c2ccccc2)c(Cl)n1. The van der Waals surface area contributed by atoms with E-state index < -0.39 is 0 Å². The van der Waals surface area contributed by atoms with E-state index in [0.29, 0.717) is 5.15 Å². The van der Waals surface area contributed by atoms with Crippen molar-refractivity contribution in [2.24, 2.45) is 0 Å². The number of hydrogen-bond acceptors (Lipinski definition) is 1. The first-order valence-electron chi connectivity index (χ1n) is 4.46. The van der Waals surface area contributed by atoms with Crippen molar-refractivity contribution < 1.29 is 0 Å². The maximum Gasteiger partial charge on any atom is 0.137 e.